The Morgan fingerprint density at radius 2 is 2.19 bits per heavy atom. The van der Waals surface area contributed by atoms with Crippen LogP contribution in [0.5, 0.6) is 0 Å². The topological polar surface area (TPSA) is 121 Å². The van der Waals surface area contributed by atoms with E-state index in [0.717, 1.165) is 16.9 Å². The Bertz CT molecular complexity index is 822. The molecule has 0 bridgehead atoms. The van der Waals surface area contributed by atoms with E-state index in [2.05, 4.69) is 15.6 Å². The molecule has 1 aliphatic rings. The van der Waals surface area contributed by atoms with Gasteiger partial charge in [0.25, 0.3) is 0 Å². The molecule has 0 unspecified atom stereocenters. The van der Waals surface area contributed by atoms with Gasteiger partial charge < -0.3 is 20.4 Å². The number of aliphatic hydroxyl groups is 1. The Morgan fingerprint density at radius 1 is 1.37 bits per heavy atom. The van der Waals surface area contributed by atoms with Gasteiger partial charge >= 0.3 is 6.09 Å². The molecular weight excluding hydrogens is 350 g/mol. The zero-order valence-electron chi connectivity index (χ0n) is 15.1. The minimum Gasteiger partial charge on any atom is -0.465 e. The van der Waals surface area contributed by atoms with Crippen LogP contribution >= 0.6 is 0 Å². The third-order valence-electron chi connectivity index (χ3n) is 4.74. The highest BCUT2D eigenvalue weighted by molar-refractivity contribution is 5.88. The van der Waals surface area contributed by atoms with Crippen LogP contribution in [0.2, 0.25) is 0 Å². The number of β-amino-alcohol motifs (C(OH)–C–C–N with tert-alkyl or cyclic N) is 1. The number of rotatable bonds is 5. The summed E-state index contributed by atoms with van der Waals surface area (Å²) in [6.07, 6.45) is 1.05. The van der Waals surface area contributed by atoms with Crippen LogP contribution in [0.3, 0.4) is 0 Å². The van der Waals surface area contributed by atoms with E-state index in [1.807, 2.05) is 24.3 Å². The molecule has 9 heteroatoms. The monoisotopic (exact) mass is 373 g/mol. The predicted molar refractivity (Wildman–Crippen MR) is 97.4 cm³/mol. The molecule has 3 N–H and O–H groups in total. The van der Waals surface area contributed by atoms with Gasteiger partial charge in [0.1, 0.15) is 0 Å². The van der Waals surface area contributed by atoms with Crippen molar-refractivity contribution < 1.29 is 19.8 Å². The molecule has 2 aromatic rings. The molecule has 0 saturated carbocycles. The summed E-state index contributed by atoms with van der Waals surface area (Å²) in [5.41, 5.74) is 2.60. The van der Waals surface area contributed by atoms with Crippen molar-refractivity contribution in [1.29, 1.82) is 0 Å². The van der Waals surface area contributed by atoms with E-state index >= 15 is 0 Å². The molecule has 9 nitrogen and oxygen atoms in total. The summed E-state index contributed by atoms with van der Waals surface area (Å²) in [7, 11) is 0. The SMILES string of the molecule is CC(=O)Nc1cccc(CCn2nncc2[C@@H]2CCN(C(=O)O)C[C@H]2O)c1. The highest BCUT2D eigenvalue weighted by Gasteiger charge is 2.33. The van der Waals surface area contributed by atoms with E-state index in [-0.39, 0.29) is 18.4 Å². The van der Waals surface area contributed by atoms with Crippen LogP contribution in [0.1, 0.15) is 30.5 Å². The summed E-state index contributed by atoms with van der Waals surface area (Å²) in [5, 5.41) is 30.3. The van der Waals surface area contributed by atoms with Crippen LogP contribution in [-0.4, -0.2) is 61.3 Å². The Kier molecular flexibility index (Phi) is 5.70. The lowest BCUT2D eigenvalue weighted by Crippen LogP contribution is -2.45. The van der Waals surface area contributed by atoms with Gasteiger partial charge in [-0.25, -0.2) is 9.48 Å². The first-order valence-corrected chi connectivity index (χ1v) is 8.85. The third kappa shape index (κ3) is 4.62. The van der Waals surface area contributed by atoms with Gasteiger partial charge in [0.2, 0.25) is 5.91 Å². The Morgan fingerprint density at radius 3 is 2.89 bits per heavy atom. The van der Waals surface area contributed by atoms with Gasteiger partial charge in [0.05, 0.1) is 24.5 Å². The van der Waals surface area contributed by atoms with Crippen LogP contribution in [0.25, 0.3) is 0 Å². The second-order valence-electron chi connectivity index (χ2n) is 6.70. The molecule has 1 aliphatic heterocycles. The standard InChI is InChI=1S/C18H23N5O4/c1-12(24)20-14-4-2-3-13(9-14)5-8-23-16(10-19-21-23)15-6-7-22(18(26)27)11-17(15)25/h2-4,9-10,15,17,25H,5-8,11H2,1H3,(H,20,24)(H,26,27)/t15-,17+/m0/s1. The van der Waals surface area contributed by atoms with Crippen molar-refractivity contribution in [2.45, 2.75) is 38.3 Å². The van der Waals surface area contributed by atoms with Gasteiger partial charge in [-0.3, -0.25) is 4.79 Å². The van der Waals surface area contributed by atoms with Gasteiger partial charge in [-0.1, -0.05) is 17.3 Å². The fourth-order valence-electron chi connectivity index (χ4n) is 3.42. The second kappa shape index (κ2) is 8.17. The number of piperidine rings is 1. The molecule has 2 atom stereocenters. The first-order valence-electron chi connectivity index (χ1n) is 8.85. The first kappa shape index (κ1) is 18.8. The fourth-order valence-corrected chi connectivity index (χ4v) is 3.42. The van der Waals surface area contributed by atoms with Crippen molar-refractivity contribution in [3.63, 3.8) is 0 Å². The van der Waals surface area contributed by atoms with Crippen molar-refractivity contribution in [3.8, 4) is 0 Å². The number of aliphatic hydroxyl groups excluding tert-OH is 1. The number of nitrogens with zero attached hydrogens (tertiary/aromatic N) is 4. The highest BCUT2D eigenvalue weighted by atomic mass is 16.4. The number of hydrogen-bond acceptors (Lipinski definition) is 5. The summed E-state index contributed by atoms with van der Waals surface area (Å²) in [4.78, 5) is 23.5. The van der Waals surface area contributed by atoms with Gasteiger partial charge in [-0.15, -0.1) is 5.10 Å². The smallest absolute Gasteiger partial charge is 0.407 e. The van der Waals surface area contributed by atoms with Crippen LogP contribution in [0.15, 0.2) is 30.5 Å². The Balaban J connectivity index is 1.66. The number of nitrogens with one attached hydrogen (secondary N) is 1. The maximum absolute atomic E-state index is 11.2. The molecule has 3 rings (SSSR count). The van der Waals surface area contributed by atoms with E-state index in [1.54, 1.807) is 10.9 Å². The Labute approximate surface area is 156 Å². The number of carbonyl (C=O) groups is 2. The molecule has 1 saturated heterocycles. The molecule has 0 radical (unpaired) electrons. The number of anilines is 1. The lowest BCUT2D eigenvalue weighted by atomic mass is 9.91. The van der Waals surface area contributed by atoms with Crippen LogP contribution < -0.4 is 5.32 Å². The summed E-state index contributed by atoms with van der Waals surface area (Å²) >= 11 is 0. The van der Waals surface area contributed by atoms with Crippen molar-refractivity contribution in [2.75, 3.05) is 18.4 Å². The van der Waals surface area contributed by atoms with Gasteiger partial charge in [0.15, 0.2) is 0 Å². The maximum Gasteiger partial charge on any atom is 0.407 e. The third-order valence-corrected chi connectivity index (χ3v) is 4.74. The lowest BCUT2D eigenvalue weighted by Gasteiger charge is -2.34. The van der Waals surface area contributed by atoms with Gasteiger partial charge in [-0.2, -0.15) is 0 Å². The predicted octanol–water partition coefficient (Wildman–Crippen LogP) is 1.31. The van der Waals surface area contributed by atoms with E-state index < -0.39 is 12.2 Å². The van der Waals surface area contributed by atoms with Gasteiger partial charge in [-0.05, 0) is 30.5 Å². The molecule has 1 fully saturated rings. The number of likely N-dealkylation sites (tertiary alicyclic amines) is 1. The molecule has 144 valence electrons. The highest BCUT2D eigenvalue weighted by Crippen LogP contribution is 2.28. The average molecular weight is 373 g/mol. The first-order chi connectivity index (χ1) is 12.9. The molecule has 2 amide bonds. The fraction of sp³-hybridized carbons (Fsp3) is 0.444. The quantitative estimate of drug-likeness (QED) is 0.727. The zero-order chi connectivity index (χ0) is 19.4. The molecular formula is C18H23N5O4. The minimum atomic E-state index is -1.02. The summed E-state index contributed by atoms with van der Waals surface area (Å²) < 4.78 is 1.76. The van der Waals surface area contributed by atoms with Crippen molar-refractivity contribution >= 4 is 17.7 Å². The van der Waals surface area contributed by atoms with Crippen molar-refractivity contribution in [1.82, 2.24) is 19.9 Å². The normalized spacial score (nSPS) is 19.7. The van der Waals surface area contributed by atoms with Crippen LogP contribution in [0, 0.1) is 0 Å². The Hall–Kier alpha value is -2.94. The van der Waals surface area contributed by atoms with Crippen LogP contribution in [-0.2, 0) is 17.8 Å². The number of aromatic nitrogens is 3. The number of carbonyl (C=O) groups excluding carboxylic acids is 1. The number of aryl methyl sites for hydroxylation is 2. The van der Waals surface area contributed by atoms with Crippen LogP contribution in [0.4, 0.5) is 10.5 Å². The molecule has 27 heavy (non-hydrogen) atoms. The lowest BCUT2D eigenvalue weighted by molar-refractivity contribution is -0.114. The maximum atomic E-state index is 11.2. The molecule has 1 aromatic carbocycles. The molecule has 0 spiro atoms. The number of hydrogen-bond donors (Lipinski definition) is 3. The van der Waals surface area contributed by atoms with Crippen molar-refractivity contribution in [3.05, 3.63) is 41.7 Å². The summed E-state index contributed by atoms with van der Waals surface area (Å²) in [6.45, 7) is 2.50. The largest absolute Gasteiger partial charge is 0.465 e. The van der Waals surface area contributed by atoms with E-state index in [9.17, 15) is 14.7 Å². The summed E-state index contributed by atoms with van der Waals surface area (Å²) in [5.74, 6) is -0.311. The van der Waals surface area contributed by atoms with Gasteiger partial charge in [0, 0.05) is 31.6 Å². The van der Waals surface area contributed by atoms with E-state index in [0.29, 0.717) is 25.9 Å². The minimum absolute atomic E-state index is 0.0872. The number of amides is 2. The zero-order valence-corrected chi connectivity index (χ0v) is 15.1. The molecule has 2 heterocycles. The average Bonchev–Trinajstić information content (AvgIpc) is 3.08. The van der Waals surface area contributed by atoms with Crippen molar-refractivity contribution in [2.24, 2.45) is 0 Å². The number of carboxylic acid groups (broad SMARTS) is 1. The summed E-state index contributed by atoms with van der Waals surface area (Å²) in [6, 6.07) is 7.60. The van der Waals surface area contributed by atoms with E-state index in [1.165, 1.54) is 11.8 Å². The van der Waals surface area contributed by atoms with E-state index in [4.69, 9.17) is 5.11 Å². The second-order valence-corrected chi connectivity index (χ2v) is 6.70. The molecule has 0 aliphatic carbocycles. The number of benzene rings is 1. The molecule has 1 aromatic heterocycles.